The van der Waals surface area contributed by atoms with Crippen LogP contribution in [-0.2, 0) is 14.9 Å². The van der Waals surface area contributed by atoms with Crippen molar-refractivity contribution in [2.45, 2.75) is 37.2 Å². The molecule has 2 aromatic rings. The van der Waals surface area contributed by atoms with Gasteiger partial charge >= 0.3 is 0 Å². The molecule has 0 spiro atoms. The molecule has 26 heavy (non-hydrogen) atoms. The summed E-state index contributed by atoms with van der Waals surface area (Å²) in [7, 11) is 0. The number of hydrogen-bond donors (Lipinski definition) is 2. The van der Waals surface area contributed by atoms with Crippen LogP contribution in [-0.4, -0.2) is 30.8 Å². The highest BCUT2D eigenvalue weighted by Crippen LogP contribution is 2.41. The molecule has 1 saturated carbocycles. The lowest BCUT2D eigenvalue weighted by Gasteiger charge is -2.29. The summed E-state index contributed by atoms with van der Waals surface area (Å²) in [5.41, 5.74) is 0.544. The minimum absolute atomic E-state index is 0.0372. The first kappa shape index (κ1) is 19.4. The molecule has 1 aliphatic rings. The molecule has 0 unspecified atom stereocenters. The Morgan fingerprint density at radius 3 is 2.62 bits per heavy atom. The maximum atomic E-state index is 13.2. The summed E-state index contributed by atoms with van der Waals surface area (Å²) >= 11 is 7.61. The molecule has 140 valence electrons. The first-order valence-corrected chi connectivity index (χ1v) is 10.2. The van der Waals surface area contributed by atoms with E-state index in [1.807, 2.05) is 41.8 Å². The van der Waals surface area contributed by atoms with Gasteiger partial charge in [0.1, 0.15) is 6.10 Å². The summed E-state index contributed by atoms with van der Waals surface area (Å²) < 4.78 is 5.73. The van der Waals surface area contributed by atoms with Gasteiger partial charge in [0.15, 0.2) is 0 Å². The molecule has 0 bridgehead atoms. The van der Waals surface area contributed by atoms with E-state index in [2.05, 4.69) is 5.32 Å². The van der Waals surface area contributed by atoms with Gasteiger partial charge in [0.05, 0.1) is 18.6 Å². The Balaban J connectivity index is 1.72. The molecular formula is C20H24ClNO3S. The van der Waals surface area contributed by atoms with Crippen LogP contribution < -0.4 is 5.32 Å². The van der Waals surface area contributed by atoms with Gasteiger partial charge in [0, 0.05) is 16.4 Å². The molecule has 0 radical (unpaired) electrons. The van der Waals surface area contributed by atoms with Gasteiger partial charge in [-0.15, -0.1) is 11.3 Å². The third kappa shape index (κ3) is 4.29. The number of carbonyl (C=O) groups is 1. The SMILES string of the molecule is O=C(NC[C@H](OCCO)c1cccs1)C1(c2ccc(Cl)cc2)CCCC1. The van der Waals surface area contributed by atoms with Gasteiger partial charge in [0.25, 0.3) is 0 Å². The number of thiophene rings is 1. The number of ether oxygens (including phenoxy) is 1. The van der Waals surface area contributed by atoms with Crippen molar-refractivity contribution in [2.24, 2.45) is 0 Å². The number of amides is 1. The number of benzene rings is 1. The maximum Gasteiger partial charge on any atom is 0.230 e. The van der Waals surface area contributed by atoms with Gasteiger partial charge in [0.2, 0.25) is 5.91 Å². The summed E-state index contributed by atoms with van der Waals surface area (Å²) in [6, 6.07) is 11.6. The molecule has 4 nitrogen and oxygen atoms in total. The van der Waals surface area contributed by atoms with Crippen LogP contribution in [0.25, 0.3) is 0 Å². The number of carbonyl (C=O) groups excluding carboxylic acids is 1. The van der Waals surface area contributed by atoms with E-state index in [4.69, 9.17) is 21.4 Å². The highest BCUT2D eigenvalue weighted by atomic mass is 35.5. The van der Waals surface area contributed by atoms with E-state index in [0.717, 1.165) is 36.1 Å². The van der Waals surface area contributed by atoms with E-state index >= 15 is 0 Å². The molecule has 3 rings (SSSR count). The molecule has 6 heteroatoms. The fraction of sp³-hybridized carbons (Fsp3) is 0.450. The van der Waals surface area contributed by atoms with Crippen LogP contribution in [0.5, 0.6) is 0 Å². The van der Waals surface area contributed by atoms with Crippen LogP contribution in [0.2, 0.25) is 5.02 Å². The zero-order valence-electron chi connectivity index (χ0n) is 14.6. The zero-order chi connectivity index (χ0) is 18.4. The second-order valence-corrected chi connectivity index (χ2v) is 8.02. The van der Waals surface area contributed by atoms with Crippen molar-refractivity contribution in [1.29, 1.82) is 0 Å². The lowest BCUT2D eigenvalue weighted by atomic mass is 9.78. The summed E-state index contributed by atoms with van der Waals surface area (Å²) in [6.07, 6.45) is 3.55. The second-order valence-electron chi connectivity index (χ2n) is 6.60. The van der Waals surface area contributed by atoms with Crippen LogP contribution in [0.3, 0.4) is 0 Å². The van der Waals surface area contributed by atoms with Gasteiger partial charge in [-0.1, -0.05) is 42.6 Å². The Bertz CT molecular complexity index is 696. The lowest BCUT2D eigenvalue weighted by molar-refractivity contribution is -0.127. The molecule has 1 aliphatic carbocycles. The van der Waals surface area contributed by atoms with Gasteiger partial charge in [-0.05, 0) is 42.0 Å². The predicted octanol–water partition coefficient (Wildman–Crippen LogP) is 4.08. The number of nitrogens with one attached hydrogen (secondary N) is 1. The number of halogens is 1. The highest BCUT2D eigenvalue weighted by Gasteiger charge is 2.42. The van der Waals surface area contributed by atoms with E-state index < -0.39 is 5.41 Å². The van der Waals surface area contributed by atoms with Crippen LogP contribution in [0, 0.1) is 0 Å². The lowest BCUT2D eigenvalue weighted by Crippen LogP contribution is -2.44. The fourth-order valence-corrected chi connectivity index (χ4v) is 4.56. The normalized spacial score (nSPS) is 17.2. The summed E-state index contributed by atoms with van der Waals surface area (Å²) in [5.74, 6) is 0.0477. The number of aliphatic hydroxyl groups excluding tert-OH is 1. The minimum Gasteiger partial charge on any atom is -0.394 e. The average molecular weight is 394 g/mol. The molecule has 1 amide bonds. The second kappa shape index (κ2) is 9.00. The molecule has 1 aromatic heterocycles. The molecule has 0 aliphatic heterocycles. The minimum atomic E-state index is -0.485. The van der Waals surface area contributed by atoms with Crippen LogP contribution >= 0.6 is 22.9 Å². The van der Waals surface area contributed by atoms with Crippen LogP contribution in [0.4, 0.5) is 0 Å². The van der Waals surface area contributed by atoms with Crippen molar-refractivity contribution >= 4 is 28.8 Å². The van der Waals surface area contributed by atoms with Gasteiger partial charge in [-0.2, -0.15) is 0 Å². The molecule has 1 heterocycles. The molecular weight excluding hydrogens is 370 g/mol. The van der Waals surface area contributed by atoms with E-state index in [0.29, 0.717) is 11.6 Å². The Kier molecular flexibility index (Phi) is 6.70. The van der Waals surface area contributed by atoms with E-state index in [-0.39, 0.29) is 25.2 Å². The topological polar surface area (TPSA) is 58.6 Å². The Morgan fingerprint density at radius 2 is 2.00 bits per heavy atom. The number of aliphatic hydroxyl groups is 1. The molecule has 1 atom stereocenters. The third-order valence-electron chi connectivity index (χ3n) is 5.01. The standard InChI is InChI=1S/C20H24ClNO3S/c21-16-7-5-15(6-8-16)20(9-1-2-10-20)19(24)22-14-17(25-12-11-23)18-4-3-13-26-18/h3-8,13,17,23H,1-2,9-12,14H2,(H,22,24)/t17-/m0/s1. The van der Waals surface area contributed by atoms with Gasteiger partial charge < -0.3 is 15.2 Å². The maximum absolute atomic E-state index is 13.2. The highest BCUT2D eigenvalue weighted by molar-refractivity contribution is 7.10. The predicted molar refractivity (Wildman–Crippen MR) is 105 cm³/mol. The third-order valence-corrected chi connectivity index (χ3v) is 6.22. The van der Waals surface area contributed by atoms with Crippen molar-refractivity contribution in [3.05, 3.63) is 57.2 Å². The average Bonchev–Trinajstić information content (AvgIpc) is 3.35. The molecule has 1 fully saturated rings. The molecule has 2 N–H and O–H groups in total. The number of rotatable bonds is 8. The largest absolute Gasteiger partial charge is 0.394 e. The monoisotopic (exact) mass is 393 g/mol. The van der Waals surface area contributed by atoms with Gasteiger partial charge in [-0.25, -0.2) is 0 Å². The Labute approximate surface area is 163 Å². The fourth-order valence-electron chi connectivity index (χ4n) is 3.66. The van der Waals surface area contributed by atoms with Crippen molar-refractivity contribution in [3.8, 4) is 0 Å². The van der Waals surface area contributed by atoms with Crippen LogP contribution in [0.1, 0.15) is 42.2 Å². The van der Waals surface area contributed by atoms with Crippen LogP contribution in [0.15, 0.2) is 41.8 Å². The zero-order valence-corrected chi connectivity index (χ0v) is 16.2. The van der Waals surface area contributed by atoms with E-state index in [9.17, 15) is 4.79 Å². The first-order valence-electron chi connectivity index (χ1n) is 8.96. The van der Waals surface area contributed by atoms with Gasteiger partial charge in [-0.3, -0.25) is 4.79 Å². The summed E-state index contributed by atoms with van der Waals surface area (Å²) in [5, 5.41) is 14.8. The quantitative estimate of drug-likeness (QED) is 0.710. The molecule has 1 aromatic carbocycles. The number of hydrogen-bond acceptors (Lipinski definition) is 4. The molecule has 0 saturated heterocycles. The smallest absolute Gasteiger partial charge is 0.230 e. The summed E-state index contributed by atoms with van der Waals surface area (Å²) in [4.78, 5) is 14.2. The van der Waals surface area contributed by atoms with E-state index in [1.165, 1.54) is 0 Å². The van der Waals surface area contributed by atoms with Crippen molar-refractivity contribution in [2.75, 3.05) is 19.8 Å². The van der Waals surface area contributed by atoms with E-state index in [1.54, 1.807) is 11.3 Å². The van der Waals surface area contributed by atoms with Crippen molar-refractivity contribution < 1.29 is 14.6 Å². The Morgan fingerprint density at radius 1 is 1.27 bits per heavy atom. The Hall–Kier alpha value is -1.40. The first-order chi connectivity index (χ1) is 12.7. The van der Waals surface area contributed by atoms with Crippen molar-refractivity contribution in [1.82, 2.24) is 5.32 Å². The van der Waals surface area contributed by atoms with Crippen molar-refractivity contribution in [3.63, 3.8) is 0 Å². The summed E-state index contributed by atoms with van der Waals surface area (Å²) in [6.45, 7) is 0.611.